The first-order valence-corrected chi connectivity index (χ1v) is 13.4. The molecule has 0 saturated heterocycles. The third-order valence-corrected chi connectivity index (χ3v) is 7.13. The van der Waals surface area contributed by atoms with Gasteiger partial charge in [0, 0.05) is 32.0 Å². The summed E-state index contributed by atoms with van der Waals surface area (Å²) in [5.74, 6) is 2.55. The summed E-state index contributed by atoms with van der Waals surface area (Å²) in [5.41, 5.74) is 5.56. The number of aromatic nitrogens is 4. The number of nitrogens with one attached hydrogen (secondary N) is 1. The average molecular weight is 515 g/mol. The maximum Gasteiger partial charge on any atom is 0.205 e. The Labute approximate surface area is 225 Å². The molecule has 2 aliphatic rings. The van der Waals surface area contributed by atoms with Crippen LogP contribution in [-0.2, 0) is 11.3 Å². The highest BCUT2D eigenvalue weighted by molar-refractivity contribution is 6.00. The molecule has 0 amide bonds. The summed E-state index contributed by atoms with van der Waals surface area (Å²) >= 11 is 0. The van der Waals surface area contributed by atoms with Gasteiger partial charge in [-0.1, -0.05) is 76.2 Å². The second kappa shape index (κ2) is 10.9. The highest BCUT2D eigenvalue weighted by atomic mass is 16.5. The molecule has 0 fully saturated rings. The molecule has 0 saturated carbocycles. The Hall–Kier alpha value is -3.72. The van der Waals surface area contributed by atoms with Crippen LogP contribution in [0.25, 0.3) is 22.5 Å². The molecule has 2 atom stereocenters. The van der Waals surface area contributed by atoms with Gasteiger partial charge < -0.3 is 19.4 Å². The molecule has 3 aromatic rings. The number of benzene rings is 2. The van der Waals surface area contributed by atoms with Crippen molar-refractivity contribution < 1.29 is 4.74 Å². The van der Waals surface area contributed by atoms with Crippen LogP contribution in [0.2, 0.25) is 0 Å². The lowest BCUT2D eigenvalue weighted by Gasteiger charge is -2.41. The molecular formula is C29H38N8O. The largest absolute Gasteiger partial charge is 0.362 e. The van der Waals surface area contributed by atoms with E-state index in [1.54, 1.807) is 7.11 Å². The Morgan fingerprint density at radius 1 is 1.00 bits per heavy atom. The van der Waals surface area contributed by atoms with Crippen molar-refractivity contribution in [1.29, 1.82) is 0 Å². The summed E-state index contributed by atoms with van der Waals surface area (Å²) in [4.78, 5) is 12.3. The number of amidine groups is 1. The monoisotopic (exact) mass is 514 g/mol. The van der Waals surface area contributed by atoms with Crippen molar-refractivity contribution in [1.82, 2.24) is 35.3 Å². The lowest BCUT2D eigenvalue weighted by Crippen LogP contribution is -2.50. The number of aliphatic imine (C=N–C) groups is 1. The first kappa shape index (κ1) is 25.9. The summed E-state index contributed by atoms with van der Waals surface area (Å²) in [6, 6.07) is 16.9. The van der Waals surface area contributed by atoms with Crippen LogP contribution < -0.4 is 0 Å². The minimum absolute atomic E-state index is 0.0570. The van der Waals surface area contributed by atoms with Gasteiger partial charge >= 0.3 is 0 Å². The Morgan fingerprint density at radius 3 is 2.37 bits per heavy atom. The number of fused-ring (bicyclic) bond motifs is 1. The number of nitrogens with zero attached hydrogens (tertiary/aromatic N) is 7. The molecule has 0 radical (unpaired) electrons. The Morgan fingerprint density at radius 2 is 1.74 bits per heavy atom. The van der Waals surface area contributed by atoms with Gasteiger partial charge in [-0.15, -0.1) is 10.2 Å². The van der Waals surface area contributed by atoms with Gasteiger partial charge in [-0.2, -0.15) is 5.21 Å². The molecule has 0 spiro atoms. The van der Waals surface area contributed by atoms with Gasteiger partial charge in [-0.25, -0.2) is 4.99 Å². The number of tetrazole rings is 1. The van der Waals surface area contributed by atoms with Crippen LogP contribution in [0.4, 0.5) is 0 Å². The predicted octanol–water partition coefficient (Wildman–Crippen LogP) is 4.79. The molecule has 1 aromatic heterocycles. The van der Waals surface area contributed by atoms with Crippen molar-refractivity contribution in [3.63, 3.8) is 0 Å². The average Bonchev–Trinajstić information content (AvgIpc) is 3.57. The van der Waals surface area contributed by atoms with Gasteiger partial charge in [0.15, 0.2) is 5.84 Å². The maximum absolute atomic E-state index is 5.75. The molecule has 9 nitrogen and oxygen atoms in total. The topological polar surface area (TPSA) is 85.8 Å². The number of methoxy groups -OCH3 is 1. The first-order valence-electron chi connectivity index (χ1n) is 13.4. The van der Waals surface area contributed by atoms with Crippen LogP contribution in [0.3, 0.4) is 0 Å². The highest BCUT2D eigenvalue weighted by Crippen LogP contribution is 2.34. The summed E-state index contributed by atoms with van der Waals surface area (Å²) < 4.78 is 5.75. The van der Waals surface area contributed by atoms with E-state index in [1.807, 2.05) is 18.2 Å². The van der Waals surface area contributed by atoms with E-state index in [9.17, 15) is 0 Å². The molecular weight excluding hydrogens is 476 g/mol. The van der Waals surface area contributed by atoms with Crippen molar-refractivity contribution in [2.75, 3.05) is 20.3 Å². The molecule has 0 bridgehead atoms. The summed E-state index contributed by atoms with van der Waals surface area (Å²) in [5, 5.41) is 14.6. The molecule has 3 heterocycles. The zero-order valence-corrected chi connectivity index (χ0v) is 23.2. The number of rotatable bonds is 9. The highest BCUT2D eigenvalue weighted by Gasteiger charge is 2.39. The number of ether oxygens (including phenoxy) is 1. The van der Waals surface area contributed by atoms with Crippen LogP contribution in [0.5, 0.6) is 0 Å². The fraction of sp³-hybridized carbons (Fsp3) is 0.448. The van der Waals surface area contributed by atoms with E-state index >= 15 is 0 Å². The normalized spacial score (nSPS) is 18.2. The van der Waals surface area contributed by atoms with Crippen LogP contribution >= 0.6 is 0 Å². The van der Waals surface area contributed by atoms with Gasteiger partial charge in [0.2, 0.25) is 5.82 Å². The second-order valence-corrected chi connectivity index (χ2v) is 10.8. The fourth-order valence-electron chi connectivity index (χ4n) is 5.24. The number of aromatic amines is 1. The number of hydrogen-bond acceptors (Lipinski definition) is 8. The quantitative estimate of drug-likeness (QED) is 0.439. The lowest BCUT2D eigenvalue weighted by molar-refractivity contribution is -0.00131. The van der Waals surface area contributed by atoms with Crippen LogP contribution in [0.15, 0.2) is 65.4 Å². The van der Waals surface area contributed by atoms with Crippen molar-refractivity contribution >= 4 is 5.84 Å². The van der Waals surface area contributed by atoms with Crippen molar-refractivity contribution in [3.05, 3.63) is 66.0 Å². The Balaban J connectivity index is 1.44. The standard InChI is InChI=1S/C29H38N8O/c1-19(2)15-35-17-26-29(37(18-35)21(5)38-6)30-28(20(3)4)36(26)16-22-11-13-23(14-12-22)24-9-7-8-10-25(24)27-31-33-34-32-27/h7-14,17,19-21,28H,15-16,18H2,1-6H3,(H,31,32,33,34). The van der Waals surface area contributed by atoms with E-state index in [4.69, 9.17) is 9.73 Å². The van der Waals surface area contributed by atoms with Gasteiger partial charge in [0.1, 0.15) is 12.4 Å². The van der Waals surface area contributed by atoms with E-state index in [0.29, 0.717) is 17.7 Å². The fourth-order valence-corrected chi connectivity index (χ4v) is 5.24. The van der Waals surface area contributed by atoms with Gasteiger partial charge in [0.05, 0.1) is 12.4 Å². The molecule has 1 N–H and O–H groups in total. The third-order valence-electron chi connectivity index (χ3n) is 7.13. The summed E-state index contributed by atoms with van der Waals surface area (Å²) in [7, 11) is 1.76. The van der Waals surface area contributed by atoms with E-state index in [0.717, 1.165) is 42.3 Å². The molecule has 2 unspecified atom stereocenters. The van der Waals surface area contributed by atoms with Crippen LogP contribution in [0, 0.1) is 11.8 Å². The lowest BCUT2D eigenvalue weighted by atomic mass is 9.98. The Kier molecular flexibility index (Phi) is 7.46. The minimum Gasteiger partial charge on any atom is -0.362 e. The Bertz CT molecular complexity index is 1280. The SMILES string of the molecule is COC(C)N1CN(CC(C)C)C=C2C1=NC(C(C)C)N2Cc1ccc(-c2ccccc2-c2nn[nH]n2)cc1. The number of H-pyrrole nitrogens is 1. The van der Waals surface area contributed by atoms with Gasteiger partial charge in [-0.3, -0.25) is 0 Å². The van der Waals surface area contributed by atoms with E-state index in [-0.39, 0.29) is 12.4 Å². The molecule has 2 aliphatic heterocycles. The molecule has 5 rings (SSSR count). The van der Waals surface area contributed by atoms with E-state index < -0.39 is 0 Å². The van der Waals surface area contributed by atoms with Gasteiger partial charge in [-0.05, 0) is 40.7 Å². The maximum atomic E-state index is 5.75. The van der Waals surface area contributed by atoms with Crippen molar-refractivity contribution in [3.8, 4) is 22.5 Å². The van der Waals surface area contributed by atoms with Crippen molar-refractivity contribution in [2.45, 2.75) is 53.6 Å². The van der Waals surface area contributed by atoms with Crippen molar-refractivity contribution in [2.24, 2.45) is 16.8 Å². The zero-order chi connectivity index (χ0) is 26.8. The molecule has 9 heteroatoms. The predicted molar refractivity (Wildman–Crippen MR) is 149 cm³/mol. The molecule has 38 heavy (non-hydrogen) atoms. The zero-order valence-electron chi connectivity index (χ0n) is 23.2. The molecule has 200 valence electrons. The first-order chi connectivity index (χ1) is 18.4. The minimum atomic E-state index is -0.0570. The van der Waals surface area contributed by atoms with Crippen LogP contribution in [0.1, 0.15) is 40.2 Å². The summed E-state index contributed by atoms with van der Waals surface area (Å²) in [6.07, 6.45) is 2.31. The van der Waals surface area contributed by atoms with E-state index in [2.05, 4.69) is 106 Å². The van der Waals surface area contributed by atoms with Crippen LogP contribution in [-0.4, -0.2) is 73.9 Å². The second-order valence-electron chi connectivity index (χ2n) is 10.8. The number of hydrogen-bond donors (Lipinski definition) is 1. The van der Waals surface area contributed by atoms with Gasteiger partial charge in [0.25, 0.3) is 0 Å². The third kappa shape index (κ3) is 5.15. The molecule has 2 aromatic carbocycles. The van der Waals surface area contributed by atoms with E-state index in [1.165, 1.54) is 11.3 Å². The smallest absolute Gasteiger partial charge is 0.205 e. The summed E-state index contributed by atoms with van der Waals surface area (Å²) in [6.45, 7) is 13.6. The molecule has 0 aliphatic carbocycles.